The van der Waals surface area contributed by atoms with Crippen LogP contribution in [0.5, 0.6) is 0 Å². The van der Waals surface area contributed by atoms with Crippen LogP contribution in [-0.4, -0.2) is 42.3 Å². The fourth-order valence-corrected chi connectivity index (χ4v) is 2.13. The highest BCUT2D eigenvalue weighted by Crippen LogP contribution is 2.31. The molecule has 106 valence electrons. The van der Waals surface area contributed by atoms with E-state index in [-0.39, 0.29) is 5.28 Å². The fraction of sp³-hybridized carbons (Fsp3) is 0.583. The van der Waals surface area contributed by atoms with Crippen LogP contribution >= 0.6 is 11.6 Å². The smallest absolute Gasteiger partial charge is 0.258 e. The van der Waals surface area contributed by atoms with Crippen molar-refractivity contribution in [3.63, 3.8) is 0 Å². The van der Waals surface area contributed by atoms with Crippen LogP contribution in [0.2, 0.25) is 5.28 Å². The summed E-state index contributed by atoms with van der Waals surface area (Å²) < 4.78 is 1.48. The van der Waals surface area contributed by atoms with E-state index in [4.69, 9.17) is 11.6 Å². The van der Waals surface area contributed by atoms with E-state index in [0.717, 1.165) is 12.5 Å². The molecule has 0 spiro atoms. The van der Waals surface area contributed by atoms with Gasteiger partial charge in [0.05, 0.1) is 0 Å². The highest BCUT2D eigenvalue weighted by atomic mass is 35.5. The van der Waals surface area contributed by atoms with Gasteiger partial charge in [0.2, 0.25) is 11.2 Å². The van der Waals surface area contributed by atoms with E-state index in [1.54, 1.807) is 0 Å². The number of hydrogen-bond donors (Lipinski definition) is 0. The molecule has 2 aromatic rings. The maximum absolute atomic E-state index is 6.02. The number of rotatable bonds is 5. The van der Waals surface area contributed by atoms with Crippen molar-refractivity contribution < 1.29 is 0 Å². The third-order valence-corrected chi connectivity index (χ3v) is 3.41. The van der Waals surface area contributed by atoms with E-state index in [0.29, 0.717) is 17.9 Å². The van der Waals surface area contributed by atoms with Gasteiger partial charge in [-0.2, -0.15) is 24.7 Å². The highest BCUT2D eigenvalue weighted by molar-refractivity contribution is 6.28. The van der Waals surface area contributed by atoms with Crippen LogP contribution in [0.25, 0.3) is 5.95 Å². The first-order valence-corrected chi connectivity index (χ1v) is 7.04. The predicted octanol–water partition coefficient (Wildman–Crippen LogP) is 1.73. The molecule has 0 atom stereocenters. The molecular weight excluding hydrogens is 278 g/mol. The van der Waals surface area contributed by atoms with Gasteiger partial charge in [0.25, 0.3) is 5.95 Å². The molecule has 0 saturated heterocycles. The Morgan fingerprint density at radius 2 is 2.15 bits per heavy atom. The maximum atomic E-state index is 6.02. The Hall–Kier alpha value is -1.76. The van der Waals surface area contributed by atoms with Gasteiger partial charge in [0.1, 0.15) is 12.7 Å². The molecule has 1 aliphatic carbocycles. The normalized spacial score (nSPS) is 14.8. The second-order valence-electron chi connectivity index (χ2n) is 5.23. The molecule has 20 heavy (non-hydrogen) atoms. The number of hydrogen-bond acceptors (Lipinski definition) is 6. The maximum Gasteiger partial charge on any atom is 0.258 e. The van der Waals surface area contributed by atoms with Gasteiger partial charge in [-0.3, -0.25) is 0 Å². The summed E-state index contributed by atoms with van der Waals surface area (Å²) >= 11 is 6.02. The van der Waals surface area contributed by atoms with Gasteiger partial charge in [-0.05, 0) is 44.2 Å². The molecule has 0 unspecified atom stereocenters. The van der Waals surface area contributed by atoms with Gasteiger partial charge in [0.15, 0.2) is 0 Å². The minimum Gasteiger partial charge on any atom is -0.338 e. The van der Waals surface area contributed by atoms with Crippen LogP contribution in [0, 0.1) is 5.92 Å². The third-order valence-electron chi connectivity index (χ3n) is 3.24. The van der Waals surface area contributed by atoms with E-state index in [1.807, 2.05) is 0 Å². The largest absolute Gasteiger partial charge is 0.338 e. The summed E-state index contributed by atoms with van der Waals surface area (Å²) in [5.74, 6) is 1.72. The minimum atomic E-state index is 0.168. The SMILES string of the molecule is CC(C)N(CC1CC1)c1nc(Cl)nc(-n2cncn2)n1. The van der Waals surface area contributed by atoms with Crippen LogP contribution in [0.15, 0.2) is 12.7 Å². The van der Waals surface area contributed by atoms with E-state index in [2.05, 4.69) is 43.8 Å². The molecule has 0 radical (unpaired) electrons. The Balaban J connectivity index is 1.94. The van der Waals surface area contributed by atoms with E-state index in [1.165, 1.54) is 30.2 Å². The van der Waals surface area contributed by atoms with Gasteiger partial charge in [-0.15, -0.1) is 0 Å². The van der Waals surface area contributed by atoms with Crippen molar-refractivity contribution in [2.75, 3.05) is 11.4 Å². The Morgan fingerprint density at radius 3 is 2.75 bits per heavy atom. The zero-order valence-corrected chi connectivity index (χ0v) is 12.2. The number of aromatic nitrogens is 6. The average Bonchev–Trinajstić information content (AvgIpc) is 3.05. The van der Waals surface area contributed by atoms with E-state index in [9.17, 15) is 0 Å². The highest BCUT2D eigenvalue weighted by Gasteiger charge is 2.27. The Morgan fingerprint density at radius 1 is 1.35 bits per heavy atom. The Labute approximate surface area is 122 Å². The number of anilines is 1. The molecule has 1 aliphatic rings. The molecule has 0 bridgehead atoms. The van der Waals surface area contributed by atoms with Crippen molar-refractivity contribution in [3.8, 4) is 5.95 Å². The molecule has 0 N–H and O–H groups in total. The molecule has 3 rings (SSSR count). The van der Waals surface area contributed by atoms with Gasteiger partial charge in [-0.25, -0.2) is 4.98 Å². The lowest BCUT2D eigenvalue weighted by molar-refractivity contribution is 0.621. The Bertz CT molecular complexity index is 579. The topological polar surface area (TPSA) is 72.6 Å². The van der Waals surface area contributed by atoms with E-state index >= 15 is 0 Å². The molecule has 0 aromatic carbocycles. The van der Waals surface area contributed by atoms with Crippen molar-refractivity contribution in [2.24, 2.45) is 5.92 Å². The van der Waals surface area contributed by atoms with Crippen molar-refractivity contribution in [2.45, 2.75) is 32.7 Å². The molecule has 0 amide bonds. The molecule has 2 aromatic heterocycles. The average molecular weight is 294 g/mol. The summed E-state index contributed by atoms with van der Waals surface area (Å²) in [6.07, 6.45) is 5.52. The van der Waals surface area contributed by atoms with Crippen LogP contribution in [-0.2, 0) is 0 Å². The van der Waals surface area contributed by atoms with Crippen molar-refractivity contribution in [3.05, 3.63) is 17.9 Å². The number of nitrogens with zero attached hydrogens (tertiary/aromatic N) is 7. The summed E-state index contributed by atoms with van der Waals surface area (Å²) in [5.41, 5.74) is 0. The zero-order valence-electron chi connectivity index (χ0n) is 11.4. The standard InChI is InChI=1S/C12H16ClN7/c1-8(2)19(5-9-3-4-9)11-16-10(13)17-12(18-11)20-7-14-6-15-20/h6-9H,3-5H2,1-2H3. The van der Waals surface area contributed by atoms with Crippen molar-refractivity contribution in [1.82, 2.24) is 29.7 Å². The van der Waals surface area contributed by atoms with Crippen LogP contribution in [0.1, 0.15) is 26.7 Å². The summed E-state index contributed by atoms with van der Waals surface area (Å²) in [6, 6.07) is 0.303. The second kappa shape index (κ2) is 5.32. The monoisotopic (exact) mass is 293 g/mol. The first kappa shape index (κ1) is 13.2. The summed E-state index contributed by atoms with van der Waals surface area (Å²) in [7, 11) is 0. The zero-order chi connectivity index (χ0) is 14.1. The molecule has 1 saturated carbocycles. The van der Waals surface area contributed by atoms with Gasteiger partial charge in [0, 0.05) is 12.6 Å². The first-order chi connectivity index (χ1) is 9.63. The summed E-state index contributed by atoms with van der Waals surface area (Å²) in [5, 5.41) is 4.19. The van der Waals surface area contributed by atoms with Crippen LogP contribution in [0.4, 0.5) is 5.95 Å². The van der Waals surface area contributed by atoms with Crippen molar-refractivity contribution >= 4 is 17.5 Å². The molecule has 2 heterocycles. The number of halogens is 1. The third kappa shape index (κ3) is 2.87. The van der Waals surface area contributed by atoms with Gasteiger partial charge < -0.3 is 4.90 Å². The van der Waals surface area contributed by atoms with Crippen LogP contribution in [0.3, 0.4) is 0 Å². The summed E-state index contributed by atoms with van der Waals surface area (Å²) in [6.45, 7) is 5.19. The van der Waals surface area contributed by atoms with Crippen molar-refractivity contribution in [1.29, 1.82) is 0 Å². The van der Waals surface area contributed by atoms with Gasteiger partial charge in [-0.1, -0.05) is 0 Å². The predicted molar refractivity (Wildman–Crippen MR) is 75.0 cm³/mol. The molecular formula is C12H16ClN7. The minimum absolute atomic E-state index is 0.168. The second-order valence-corrected chi connectivity index (χ2v) is 5.57. The van der Waals surface area contributed by atoms with E-state index < -0.39 is 0 Å². The molecule has 8 heteroatoms. The van der Waals surface area contributed by atoms with Crippen LogP contribution < -0.4 is 4.90 Å². The molecule has 1 fully saturated rings. The lowest BCUT2D eigenvalue weighted by atomic mass is 10.3. The quantitative estimate of drug-likeness (QED) is 0.836. The first-order valence-electron chi connectivity index (χ1n) is 6.66. The van der Waals surface area contributed by atoms with Gasteiger partial charge >= 0.3 is 0 Å². The molecule has 7 nitrogen and oxygen atoms in total. The Kier molecular flexibility index (Phi) is 3.52. The lowest BCUT2D eigenvalue weighted by Gasteiger charge is -2.26. The fourth-order valence-electron chi connectivity index (χ4n) is 1.97. The molecule has 0 aliphatic heterocycles. The lowest BCUT2D eigenvalue weighted by Crippen LogP contribution is -2.34. The summed E-state index contributed by atoms with van der Waals surface area (Å²) in [4.78, 5) is 18.9.